The first-order chi connectivity index (χ1) is 14.3. The molecular formula is C23H24N4O2. The molecule has 1 aromatic heterocycles. The Hall–Kier alpha value is -3.25. The molecular weight excluding hydrogens is 364 g/mol. The molecule has 1 aliphatic rings. The van der Waals surface area contributed by atoms with Crippen molar-refractivity contribution in [2.24, 2.45) is 0 Å². The van der Waals surface area contributed by atoms with Gasteiger partial charge in [0, 0.05) is 43.2 Å². The van der Waals surface area contributed by atoms with Crippen LogP contribution in [-0.4, -0.2) is 35.1 Å². The number of ether oxygens (including phenoxy) is 1. The smallest absolute Gasteiger partial charge is 0.251 e. The van der Waals surface area contributed by atoms with Crippen LogP contribution in [0.25, 0.3) is 11.1 Å². The van der Waals surface area contributed by atoms with Crippen molar-refractivity contribution in [3.63, 3.8) is 0 Å². The zero-order valence-corrected chi connectivity index (χ0v) is 16.2. The Morgan fingerprint density at radius 2 is 1.76 bits per heavy atom. The van der Waals surface area contributed by atoms with E-state index >= 15 is 0 Å². The minimum atomic E-state index is -0.0799. The quantitative estimate of drug-likeness (QED) is 0.646. The average Bonchev–Trinajstić information content (AvgIpc) is 3.31. The van der Waals surface area contributed by atoms with Crippen LogP contribution < -0.4 is 10.6 Å². The minimum absolute atomic E-state index is 0.0799. The van der Waals surface area contributed by atoms with E-state index in [-0.39, 0.29) is 12.0 Å². The Labute approximate surface area is 170 Å². The molecule has 4 rings (SSSR count). The molecule has 1 saturated heterocycles. The van der Waals surface area contributed by atoms with Crippen molar-refractivity contribution in [3.05, 3.63) is 78.1 Å². The molecule has 2 aromatic carbocycles. The van der Waals surface area contributed by atoms with E-state index in [0.29, 0.717) is 24.6 Å². The summed E-state index contributed by atoms with van der Waals surface area (Å²) in [4.78, 5) is 21.1. The predicted molar refractivity (Wildman–Crippen MR) is 113 cm³/mol. The number of aromatic nitrogens is 2. The van der Waals surface area contributed by atoms with Gasteiger partial charge in [0.15, 0.2) is 0 Å². The molecule has 2 heterocycles. The Morgan fingerprint density at radius 3 is 2.45 bits per heavy atom. The van der Waals surface area contributed by atoms with Crippen molar-refractivity contribution in [2.45, 2.75) is 25.5 Å². The molecule has 1 unspecified atom stereocenters. The van der Waals surface area contributed by atoms with Crippen LogP contribution >= 0.6 is 0 Å². The Bertz CT molecular complexity index is 921. The summed E-state index contributed by atoms with van der Waals surface area (Å²) in [5.41, 5.74) is 3.68. The van der Waals surface area contributed by atoms with E-state index in [1.165, 1.54) is 5.56 Å². The molecule has 6 nitrogen and oxygen atoms in total. The summed E-state index contributed by atoms with van der Waals surface area (Å²) in [6.45, 7) is 2.03. The van der Waals surface area contributed by atoms with Gasteiger partial charge in [-0.15, -0.1) is 0 Å². The van der Waals surface area contributed by atoms with Crippen LogP contribution in [0.4, 0.5) is 5.95 Å². The van der Waals surface area contributed by atoms with Crippen LogP contribution in [-0.2, 0) is 11.3 Å². The average molecular weight is 388 g/mol. The lowest BCUT2D eigenvalue weighted by Gasteiger charge is -2.11. The molecule has 2 N–H and O–H groups in total. The van der Waals surface area contributed by atoms with Crippen LogP contribution in [0.15, 0.2) is 67.0 Å². The Balaban J connectivity index is 1.32. The van der Waals surface area contributed by atoms with E-state index in [4.69, 9.17) is 4.74 Å². The molecule has 29 heavy (non-hydrogen) atoms. The van der Waals surface area contributed by atoms with Crippen LogP contribution in [0.3, 0.4) is 0 Å². The number of carbonyl (C=O) groups is 1. The number of nitrogens with zero attached hydrogens (tertiary/aromatic N) is 2. The lowest BCUT2D eigenvalue weighted by Crippen LogP contribution is -2.31. The van der Waals surface area contributed by atoms with Gasteiger partial charge in [0.2, 0.25) is 5.95 Å². The second kappa shape index (κ2) is 9.30. The highest BCUT2D eigenvalue weighted by Gasteiger charge is 2.16. The zero-order chi connectivity index (χ0) is 19.9. The first kappa shape index (κ1) is 19.1. The highest BCUT2D eigenvalue weighted by atomic mass is 16.5. The maximum atomic E-state index is 12.3. The van der Waals surface area contributed by atoms with E-state index in [9.17, 15) is 4.79 Å². The van der Waals surface area contributed by atoms with Crippen molar-refractivity contribution >= 4 is 11.9 Å². The van der Waals surface area contributed by atoms with Gasteiger partial charge in [-0.2, -0.15) is 0 Å². The fourth-order valence-corrected chi connectivity index (χ4v) is 3.27. The van der Waals surface area contributed by atoms with Gasteiger partial charge in [-0.05, 0) is 36.1 Å². The topological polar surface area (TPSA) is 76.1 Å². The third-order valence-electron chi connectivity index (χ3n) is 4.94. The van der Waals surface area contributed by atoms with Crippen LogP contribution in [0.5, 0.6) is 0 Å². The first-order valence-corrected chi connectivity index (χ1v) is 9.88. The molecule has 3 aromatic rings. The standard InChI is InChI=1S/C23H24N4O2/c28-22(24-16-21-7-4-12-29-21)19-10-8-18(9-11-19)20-14-26-23(27-15-20)25-13-17-5-2-1-3-6-17/h1-3,5-6,8-11,14-15,21H,4,7,12-13,16H2,(H,24,28)(H,25,26,27). The summed E-state index contributed by atoms with van der Waals surface area (Å²) in [7, 11) is 0. The monoisotopic (exact) mass is 388 g/mol. The molecule has 0 aliphatic carbocycles. The highest BCUT2D eigenvalue weighted by Crippen LogP contribution is 2.19. The van der Waals surface area contributed by atoms with Gasteiger partial charge in [-0.25, -0.2) is 9.97 Å². The van der Waals surface area contributed by atoms with Crippen molar-refractivity contribution in [2.75, 3.05) is 18.5 Å². The third-order valence-corrected chi connectivity index (χ3v) is 4.94. The minimum Gasteiger partial charge on any atom is -0.376 e. The second-order valence-electron chi connectivity index (χ2n) is 7.06. The number of nitrogens with one attached hydrogen (secondary N) is 2. The Kier molecular flexibility index (Phi) is 6.12. The molecule has 0 spiro atoms. The van der Waals surface area contributed by atoms with E-state index in [2.05, 4.69) is 32.7 Å². The van der Waals surface area contributed by atoms with Crippen LogP contribution in [0.2, 0.25) is 0 Å². The molecule has 6 heteroatoms. The molecule has 148 valence electrons. The van der Waals surface area contributed by atoms with E-state index in [0.717, 1.165) is 30.6 Å². The lowest BCUT2D eigenvalue weighted by atomic mass is 10.1. The summed E-state index contributed by atoms with van der Waals surface area (Å²) in [5, 5.41) is 6.15. The number of benzene rings is 2. The maximum absolute atomic E-state index is 12.3. The third kappa shape index (κ3) is 5.18. The van der Waals surface area contributed by atoms with Gasteiger partial charge in [-0.3, -0.25) is 4.79 Å². The van der Waals surface area contributed by atoms with E-state index in [1.54, 1.807) is 12.4 Å². The second-order valence-corrected chi connectivity index (χ2v) is 7.06. The number of rotatable bonds is 7. The molecule has 1 atom stereocenters. The van der Waals surface area contributed by atoms with Gasteiger partial charge in [0.05, 0.1) is 6.10 Å². The van der Waals surface area contributed by atoms with E-state index < -0.39 is 0 Å². The summed E-state index contributed by atoms with van der Waals surface area (Å²) in [5.74, 6) is 0.506. The summed E-state index contributed by atoms with van der Waals surface area (Å²) < 4.78 is 5.53. The predicted octanol–water partition coefficient (Wildman–Crippen LogP) is 3.66. The summed E-state index contributed by atoms with van der Waals surface area (Å²) in [6, 6.07) is 17.6. The molecule has 0 radical (unpaired) electrons. The van der Waals surface area contributed by atoms with Crippen molar-refractivity contribution in [1.82, 2.24) is 15.3 Å². The fraction of sp³-hybridized carbons (Fsp3) is 0.261. The van der Waals surface area contributed by atoms with Crippen molar-refractivity contribution in [1.29, 1.82) is 0 Å². The summed E-state index contributed by atoms with van der Waals surface area (Å²) >= 11 is 0. The first-order valence-electron chi connectivity index (χ1n) is 9.88. The number of amides is 1. The lowest BCUT2D eigenvalue weighted by molar-refractivity contribution is 0.0858. The molecule has 1 aliphatic heterocycles. The number of carbonyl (C=O) groups excluding carboxylic acids is 1. The molecule has 0 bridgehead atoms. The van der Waals surface area contributed by atoms with Crippen molar-refractivity contribution < 1.29 is 9.53 Å². The van der Waals surface area contributed by atoms with Gasteiger partial charge >= 0.3 is 0 Å². The number of anilines is 1. The fourth-order valence-electron chi connectivity index (χ4n) is 3.27. The van der Waals surface area contributed by atoms with Crippen LogP contribution in [0, 0.1) is 0 Å². The normalized spacial score (nSPS) is 15.8. The highest BCUT2D eigenvalue weighted by molar-refractivity contribution is 5.94. The zero-order valence-electron chi connectivity index (χ0n) is 16.2. The molecule has 1 fully saturated rings. The van der Waals surface area contributed by atoms with Gasteiger partial charge in [0.1, 0.15) is 0 Å². The van der Waals surface area contributed by atoms with Crippen molar-refractivity contribution in [3.8, 4) is 11.1 Å². The Morgan fingerprint density at radius 1 is 1.00 bits per heavy atom. The summed E-state index contributed by atoms with van der Waals surface area (Å²) in [6.07, 6.45) is 5.79. The largest absolute Gasteiger partial charge is 0.376 e. The van der Waals surface area contributed by atoms with Crippen LogP contribution in [0.1, 0.15) is 28.8 Å². The maximum Gasteiger partial charge on any atom is 0.251 e. The van der Waals surface area contributed by atoms with Gasteiger partial charge in [0.25, 0.3) is 5.91 Å². The number of hydrogen-bond donors (Lipinski definition) is 2. The molecule has 0 saturated carbocycles. The van der Waals surface area contributed by atoms with Gasteiger partial charge < -0.3 is 15.4 Å². The molecule has 1 amide bonds. The SMILES string of the molecule is O=C(NCC1CCCO1)c1ccc(-c2cnc(NCc3ccccc3)nc2)cc1. The van der Waals surface area contributed by atoms with E-state index in [1.807, 2.05) is 42.5 Å². The number of hydrogen-bond acceptors (Lipinski definition) is 5. The van der Waals surface area contributed by atoms with Gasteiger partial charge in [-0.1, -0.05) is 42.5 Å².